The summed E-state index contributed by atoms with van der Waals surface area (Å²) in [6, 6.07) is 8.37. The van der Waals surface area contributed by atoms with Crippen LogP contribution < -0.4 is 5.73 Å². The maximum absolute atomic E-state index is 13.3. The van der Waals surface area contributed by atoms with Crippen LogP contribution in [0.15, 0.2) is 24.3 Å². The highest BCUT2D eigenvalue weighted by Gasteiger charge is 2.43. The molecule has 2 rings (SSSR count). The summed E-state index contributed by atoms with van der Waals surface area (Å²) in [5.74, 6) is 0.186. The van der Waals surface area contributed by atoms with Gasteiger partial charge in [-0.2, -0.15) is 0 Å². The van der Waals surface area contributed by atoms with E-state index in [2.05, 4.69) is 45.0 Å². The maximum Gasteiger partial charge on any atom is 0.233 e. The van der Waals surface area contributed by atoms with Crippen molar-refractivity contribution in [2.75, 3.05) is 33.4 Å². The molecule has 1 aromatic rings. The minimum atomic E-state index is -0.467. The van der Waals surface area contributed by atoms with Gasteiger partial charge in [-0.1, -0.05) is 43.7 Å². The van der Waals surface area contributed by atoms with Crippen LogP contribution in [0.2, 0.25) is 0 Å². The molecule has 0 atom stereocenters. The first-order valence-electron chi connectivity index (χ1n) is 8.41. The van der Waals surface area contributed by atoms with Crippen LogP contribution >= 0.6 is 12.4 Å². The Morgan fingerprint density at radius 1 is 1.25 bits per heavy atom. The molecule has 0 radical (unpaired) electrons. The van der Waals surface area contributed by atoms with Crippen LogP contribution in [-0.2, 0) is 14.9 Å². The molecule has 24 heavy (non-hydrogen) atoms. The minimum Gasteiger partial charge on any atom is -0.381 e. The van der Waals surface area contributed by atoms with E-state index >= 15 is 0 Å². The first-order chi connectivity index (χ1) is 10.8. The molecule has 5 heteroatoms. The van der Waals surface area contributed by atoms with E-state index in [0.29, 0.717) is 26.3 Å². The Morgan fingerprint density at radius 2 is 1.79 bits per heavy atom. The molecule has 1 aromatic carbocycles. The number of hydrogen-bond acceptors (Lipinski definition) is 3. The van der Waals surface area contributed by atoms with Gasteiger partial charge in [0.05, 0.1) is 5.41 Å². The molecule has 1 heterocycles. The zero-order chi connectivity index (χ0) is 17.1. The summed E-state index contributed by atoms with van der Waals surface area (Å²) in [4.78, 5) is 15.2. The molecule has 0 unspecified atom stereocenters. The van der Waals surface area contributed by atoms with Gasteiger partial charge in [0.1, 0.15) is 0 Å². The second-order valence-corrected chi connectivity index (χ2v) is 7.59. The van der Waals surface area contributed by atoms with E-state index in [4.69, 9.17) is 10.5 Å². The van der Waals surface area contributed by atoms with Crippen molar-refractivity contribution in [2.45, 2.75) is 39.0 Å². The van der Waals surface area contributed by atoms with Gasteiger partial charge in [-0.3, -0.25) is 4.79 Å². The van der Waals surface area contributed by atoms with Gasteiger partial charge in [-0.15, -0.1) is 12.4 Å². The van der Waals surface area contributed by atoms with Gasteiger partial charge < -0.3 is 15.4 Å². The van der Waals surface area contributed by atoms with Crippen molar-refractivity contribution in [1.82, 2.24) is 4.90 Å². The maximum atomic E-state index is 13.3. The molecule has 0 saturated carbocycles. The number of amides is 1. The largest absolute Gasteiger partial charge is 0.381 e. The lowest BCUT2D eigenvalue weighted by molar-refractivity contribution is -0.141. The van der Waals surface area contributed by atoms with Crippen molar-refractivity contribution in [3.63, 3.8) is 0 Å². The van der Waals surface area contributed by atoms with Crippen molar-refractivity contribution in [3.8, 4) is 0 Å². The Hall–Kier alpha value is -1.10. The number of aryl methyl sites for hydroxylation is 1. The van der Waals surface area contributed by atoms with E-state index < -0.39 is 5.41 Å². The number of halogens is 1. The Balaban J connectivity index is 0.00000288. The zero-order valence-electron chi connectivity index (χ0n) is 15.3. The van der Waals surface area contributed by atoms with E-state index in [1.165, 1.54) is 5.56 Å². The van der Waals surface area contributed by atoms with Gasteiger partial charge >= 0.3 is 0 Å². The summed E-state index contributed by atoms with van der Waals surface area (Å²) < 4.78 is 5.53. The number of carbonyl (C=O) groups excluding carboxylic acids is 1. The molecule has 1 fully saturated rings. The van der Waals surface area contributed by atoms with E-state index in [1.807, 2.05) is 11.9 Å². The predicted octanol–water partition coefficient (Wildman–Crippen LogP) is 2.91. The molecule has 0 spiro atoms. The third kappa shape index (κ3) is 4.50. The summed E-state index contributed by atoms with van der Waals surface area (Å²) in [7, 11) is 1.89. The number of likely N-dealkylation sites (N-methyl/N-ethyl adjacent to an activating group) is 1. The number of hydrogen-bond donors (Lipinski definition) is 1. The Labute approximate surface area is 152 Å². The van der Waals surface area contributed by atoms with Crippen LogP contribution in [0.4, 0.5) is 0 Å². The lowest BCUT2D eigenvalue weighted by atomic mass is 9.72. The van der Waals surface area contributed by atoms with Gasteiger partial charge in [0.25, 0.3) is 0 Å². The molecule has 1 aliphatic rings. The number of benzene rings is 1. The first kappa shape index (κ1) is 20.9. The molecule has 0 bridgehead atoms. The number of carbonyl (C=O) groups is 1. The van der Waals surface area contributed by atoms with Gasteiger partial charge in [0.2, 0.25) is 5.91 Å². The van der Waals surface area contributed by atoms with E-state index in [0.717, 1.165) is 18.4 Å². The van der Waals surface area contributed by atoms with Crippen LogP contribution in [0.3, 0.4) is 0 Å². The quantitative estimate of drug-likeness (QED) is 0.884. The topological polar surface area (TPSA) is 55.6 Å². The average molecular weight is 355 g/mol. The highest BCUT2D eigenvalue weighted by atomic mass is 35.5. The molecular formula is C19H31ClN2O2. The van der Waals surface area contributed by atoms with Gasteiger partial charge in [0, 0.05) is 26.8 Å². The third-order valence-electron chi connectivity index (χ3n) is 4.92. The fraction of sp³-hybridized carbons (Fsp3) is 0.632. The second-order valence-electron chi connectivity index (χ2n) is 7.59. The normalized spacial score (nSPS) is 17.0. The minimum absolute atomic E-state index is 0. The molecule has 4 nitrogen and oxygen atoms in total. The summed E-state index contributed by atoms with van der Waals surface area (Å²) in [5.41, 5.74) is 7.60. The SMILES string of the molecule is Cc1ccc(C2(C(=O)N(C)CC(C)(C)CN)CCOCC2)cc1.Cl. The number of nitrogens with two attached hydrogens (primary N) is 1. The highest BCUT2D eigenvalue weighted by molar-refractivity contribution is 5.88. The molecule has 1 aliphatic heterocycles. The van der Waals surface area contributed by atoms with Crippen LogP contribution in [0, 0.1) is 12.3 Å². The summed E-state index contributed by atoms with van der Waals surface area (Å²) in [6.45, 7) is 8.75. The van der Waals surface area contributed by atoms with E-state index in [9.17, 15) is 4.79 Å². The van der Waals surface area contributed by atoms with Crippen molar-refractivity contribution in [3.05, 3.63) is 35.4 Å². The molecule has 0 aromatic heterocycles. The molecular weight excluding hydrogens is 324 g/mol. The Morgan fingerprint density at radius 3 is 2.29 bits per heavy atom. The zero-order valence-corrected chi connectivity index (χ0v) is 16.1. The fourth-order valence-corrected chi connectivity index (χ4v) is 3.36. The van der Waals surface area contributed by atoms with Crippen molar-refractivity contribution in [1.29, 1.82) is 0 Å². The molecule has 136 valence electrons. The lowest BCUT2D eigenvalue weighted by Crippen LogP contribution is -2.51. The first-order valence-corrected chi connectivity index (χ1v) is 8.41. The lowest BCUT2D eigenvalue weighted by Gasteiger charge is -2.41. The average Bonchev–Trinajstić information content (AvgIpc) is 2.55. The Bertz CT molecular complexity index is 537. The predicted molar refractivity (Wildman–Crippen MR) is 101 cm³/mol. The summed E-state index contributed by atoms with van der Waals surface area (Å²) >= 11 is 0. The second kappa shape index (κ2) is 8.32. The number of ether oxygens (including phenoxy) is 1. The Kier molecular flexibility index (Phi) is 7.26. The number of nitrogens with zero attached hydrogens (tertiary/aromatic N) is 1. The highest BCUT2D eigenvalue weighted by Crippen LogP contribution is 2.37. The van der Waals surface area contributed by atoms with Crippen LogP contribution in [0.25, 0.3) is 0 Å². The fourth-order valence-electron chi connectivity index (χ4n) is 3.36. The van der Waals surface area contributed by atoms with Crippen LogP contribution in [0.1, 0.15) is 37.8 Å². The standard InChI is InChI=1S/C19H30N2O2.ClH/c1-15-5-7-16(8-6-15)19(9-11-23-12-10-19)17(22)21(4)14-18(2,3)13-20;/h5-8H,9-14,20H2,1-4H3;1H. The molecule has 2 N–H and O–H groups in total. The third-order valence-corrected chi connectivity index (χ3v) is 4.92. The summed E-state index contributed by atoms with van der Waals surface area (Å²) in [5, 5.41) is 0. The van der Waals surface area contributed by atoms with Crippen LogP contribution in [0.5, 0.6) is 0 Å². The van der Waals surface area contributed by atoms with Crippen molar-refractivity contribution in [2.24, 2.45) is 11.1 Å². The van der Waals surface area contributed by atoms with Crippen LogP contribution in [-0.4, -0.2) is 44.2 Å². The number of rotatable bonds is 5. The smallest absolute Gasteiger partial charge is 0.233 e. The molecule has 0 aliphatic carbocycles. The van der Waals surface area contributed by atoms with Gasteiger partial charge in [-0.25, -0.2) is 0 Å². The molecule has 1 saturated heterocycles. The monoisotopic (exact) mass is 354 g/mol. The van der Waals surface area contributed by atoms with Gasteiger partial charge in [0.15, 0.2) is 0 Å². The molecule has 1 amide bonds. The van der Waals surface area contributed by atoms with E-state index in [-0.39, 0.29) is 23.7 Å². The van der Waals surface area contributed by atoms with Crippen molar-refractivity contribution < 1.29 is 9.53 Å². The van der Waals surface area contributed by atoms with Gasteiger partial charge in [-0.05, 0) is 37.3 Å². The van der Waals surface area contributed by atoms with Crippen molar-refractivity contribution >= 4 is 18.3 Å². The summed E-state index contributed by atoms with van der Waals surface area (Å²) in [6.07, 6.45) is 1.48. The van der Waals surface area contributed by atoms with E-state index in [1.54, 1.807) is 0 Å².